The zero-order chi connectivity index (χ0) is 17.4. The summed E-state index contributed by atoms with van der Waals surface area (Å²) in [5.74, 6) is 0.582. The monoisotopic (exact) mass is 334 g/mol. The van der Waals surface area contributed by atoms with E-state index in [1.165, 1.54) is 6.07 Å². The number of benzene rings is 2. The van der Waals surface area contributed by atoms with Crippen molar-refractivity contribution >= 4 is 28.4 Å². The standard InChI is InChI=1S/C18H15FN6/c1-10-8-11(2-4-14(10)19)17-13-9-12(3-5-15(13)24-25-17)22-16-6-7-21-18(20)23-16/h2-9H,1H3,(H,24,25)(H3,20,21,22,23). The van der Waals surface area contributed by atoms with Gasteiger partial charge in [-0.1, -0.05) is 0 Å². The predicted molar refractivity (Wildman–Crippen MR) is 96.0 cm³/mol. The summed E-state index contributed by atoms with van der Waals surface area (Å²) in [6, 6.07) is 12.5. The molecule has 0 saturated carbocycles. The minimum absolute atomic E-state index is 0.205. The first-order valence-electron chi connectivity index (χ1n) is 7.70. The van der Waals surface area contributed by atoms with E-state index in [1.54, 1.807) is 31.3 Å². The molecule has 0 aliphatic carbocycles. The molecular weight excluding hydrogens is 319 g/mol. The fourth-order valence-electron chi connectivity index (χ4n) is 2.70. The molecule has 0 saturated heterocycles. The maximum atomic E-state index is 13.5. The average Bonchev–Trinajstić information content (AvgIpc) is 3.01. The van der Waals surface area contributed by atoms with Crippen molar-refractivity contribution in [2.75, 3.05) is 11.1 Å². The summed E-state index contributed by atoms with van der Waals surface area (Å²) in [6.45, 7) is 1.74. The van der Waals surface area contributed by atoms with Crippen LogP contribution in [0.4, 0.5) is 21.8 Å². The molecule has 4 aromatic rings. The number of hydrogen-bond acceptors (Lipinski definition) is 5. The molecule has 0 unspecified atom stereocenters. The number of H-pyrrole nitrogens is 1. The molecule has 0 aliphatic rings. The summed E-state index contributed by atoms with van der Waals surface area (Å²) in [5.41, 5.74) is 9.54. The van der Waals surface area contributed by atoms with Gasteiger partial charge in [0, 0.05) is 22.8 Å². The SMILES string of the molecule is Cc1cc(-c2n[nH]c3ccc(Nc4ccnc(N)n4)cc23)ccc1F. The van der Waals surface area contributed by atoms with Gasteiger partial charge in [-0.25, -0.2) is 9.37 Å². The summed E-state index contributed by atoms with van der Waals surface area (Å²) in [7, 11) is 0. The van der Waals surface area contributed by atoms with Crippen molar-refractivity contribution in [2.24, 2.45) is 0 Å². The summed E-state index contributed by atoms with van der Waals surface area (Å²) in [4.78, 5) is 8.00. The fraction of sp³-hybridized carbons (Fsp3) is 0.0556. The van der Waals surface area contributed by atoms with Crippen molar-refractivity contribution in [3.05, 3.63) is 60.0 Å². The van der Waals surface area contributed by atoms with E-state index in [2.05, 4.69) is 25.5 Å². The molecule has 4 rings (SSSR count). The number of fused-ring (bicyclic) bond motifs is 1. The van der Waals surface area contributed by atoms with Crippen LogP contribution in [0, 0.1) is 12.7 Å². The first kappa shape index (κ1) is 15.1. The highest BCUT2D eigenvalue weighted by atomic mass is 19.1. The molecule has 0 atom stereocenters. The van der Waals surface area contributed by atoms with Gasteiger partial charge < -0.3 is 11.1 Å². The van der Waals surface area contributed by atoms with Crippen LogP contribution in [0.3, 0.4) is 0 Å². The number of aromatic amines is 1. The molecule has 2 aromatic heterocycles. The van der Waals surface area contributed by atoms with Gasteiger partial charge in [0.05, 0.1) is 11.2 Å². The molecule has 0 fully saturated rings. The van der Waals surface area contributed by atoms with E-state index in [0.717, 1.165) is 27.8 Å². The molecule has 0 radical (unpaired) electrons. The van der Waals surface area contributed by atoms with Crippen LogP contribution in [0.2, 0.25) is 0 Å². The van der Waals surface area contributed by atoms with Gasteiger partial charge in [-0.05, 0) is 55.0 Å². The van der Waals surface area contributed by atoms with E-state index in [9.17, 15) is 4.39 Å². The Morgan fingerprint density at radius 2 is 2.00 bits per heavy atom. The van der Waals surface area contributed by atoms with Gasteiger partial charge in [-0.3, -0.25) is 5.10 Å². The van der Waals surface area contributed by atoms with Gasteiger partial charge in [-0.2, -0.15) is 10.1 Å². The van der Waals surface area contributed by atoms with Crippen molar-refractivity contribution in [3.8, 4) is 11.3 Å². The Morgan fingerprint density at radius 1 is 1.12 bits per heavy atom. The van der Waals surface area contributed by atoms with Crippen LogP contribution in [0.5, 0.6) is 0 Å². The Balaban J connectivity index is 1.76. The number of nitrogens with two attached hydrogens (primary N) is 1. The highest BCUT2D eigenvalue weighted by Gasteiger charge is 2.11. The highest BCUT2D eigenvalue weighted by Crippen LogP contribution is 2.30. The maximum Gasteiger partial charge on any atom is 0.221 e. The minimum Gasteiger partial charge on any atom is -0.368 e. The molecule has 2 aromatic carbocycles. The largest absolute Gasteiger partial charge is 0.368 e. The number of rotatable bonds is 3. The summed E-state index contributed by atoms with van der Waals surface area (Å²) in [5, 5.41) is 11.5. The Bertz CT molecular complexity index is 1070. The highest BCUT2D eigenvalue weighted by molar-refractivity contribution is 5.95. The van der Waals surface area contributed by atoms with Crippen molar-refractivity contribution in [3.63, 3.8) is 0 Å². The normalized spacial score (nSPS) is 11.0. The predicted octanol–water partition coefficient (Wildman–Crippen LogP) is 3.79. The third-order valence-corrected chi connectivity index (χ3v) is 3.94. The molecule has 124 valence electrons. The van der Waals surface area contributed by atoms with Crippen LogP contribution in [0.25, 0.3) is 22.2 Å². The molecule has 0 bridgehead atoms. The molecule has 0 spiro atoms. The molecular formula is C18H15FN6. The number of nitrogens with one attached hydrogen (secondary N) is 2. The van der Waals surface area contributed by atoms with Gasteiger partial charge in [0.1, 0.15) is 11.6 Å². The zero-order valence-electron chi connectivity index (χ0n) is 13.4. The van der Waals surface area contributed by atoms with Crippen LogP contribution >= 0.6 is 0 Å². The lowest BCUT2D eigenvalue weighted by atomic mass is 10.0. The Hall–Kier alpha value is -3.48. The van der Waals surface area contributed by atoms with Crippen LogP contribution < -0.4 is 11.1 Å². The summed E-state index contributed by atoms with van der Waals surface area (Å²) < 4.78 is 13.5. The molecule has 6 nitrogen and oxygen atoms in total. The maximum absolute atomic E-state index is 13.5. The number of nitrogen functional groups attached to an aromatic ring is 1. The first-order valence-corrected chi connectivity index (χ1v) is 7.70. The lowest BCUT2D eigenvalue weighted by Crippen LogP contribution is -1.98. The van der Waals surface area contributed by atoms with Gasteiger partial charge in [-0.15, -0.1) is 0 Å². The Kier molecular flexibility index (Phi) is 3.53. The van der Waals surface area contributed by atoms with E-state index in [1.807, 2.05) is 18.2 Å². The van der Waals surface area contributed by atoms with E-state index >= 15 is 0 Å². The number of nitrogens with zero attached hydrogens (tertiary/aromatic N) is 3. The number of hydrogen-bond donors (Lipinski definition) is 3. The van der Waals surface area contributed by atoms with Crippen molar-refractivity contribution in [2.45, 2.75) is 6.92 Å². The number of anilines is 3. The third-order valence-electron chi connectivity index (χ3n) is 3.94. The summed E-state index contributed by atoms with van der Waals surface area (Å²) in [6.07, 6.45) is 1.59. The number of aryl methyl sites for hydroxylation is 1. The lowest BCUT2D eigenvalue weighted by Gasteiger charge is -2.06. The first-order chi connectivity index (χ1) is 12.1. The Morgan fingerprint density at radius 3 is 2.80 bits per heavy atom. The number of halogens is 1. The van der Waals surface area contributed by atoms with Crippen molar-refractivity contribution in [1.29, 1.82) is 0 Å². The summed E-state index contributed by atoms with van der Waals surface area (Å²) >= 11 is 0. The molecule has 2 heterocycles. The molecule has 7 heteroatoms. The zero-order valence-corrected chi connectivity index (χ0v) is 13.4. The smallest absolute Gasteiger partial charge is 0.221 e. The van der Waals surface area contributed by atoms with Crippen molar-refractivity contribution in [1.82, 2.24) is 20.2 Å². The Labute approximate surface area is 142 Å². The van der Waals surface area contributed by atoms with Crippen LogP contribution in [0.1, 0.15) is 5.56 Å². The third kappa shape index (κ3) is 2.87. The van der Waals surface area contributed by atoms with Gasteiger partial charge in [0.25, 0.3) is 0 Å². The second-order valence-corrected chi connectivity index (χ2v) is 5.72. The second-order valence-electron chi connectivity index (χ2n) is 5.72. The van der Waals surface area contributed by atoms with Crippen LogP contribution in [-0.4, -0.2) is 20.2 Å². The van der Waals surface area contributed by atoms with E-state index in [4.69, 9.17) is 5.73 Å². The van der Waals surface area contributed by atoms with E-state index < -0.39 is 0 Å². The van der Waals surface area contributed by atoms with E-state index in [-0.39, 0.29) is 11.8 Å². The van der Waals surface area contributed by atoms with Gasteiger partial charge in [0.2, 0.25) is 5.95 Å². The lowest BCUT2D eigenvalue weighted by molar-refractivity contribution is 0.619. The minimum atomic E-state index is -0.229. The quantitative estimate of drug-likeness (QED) is 0.530. The topological polar surface area (TPSA) is 92.5 Å². The number of aromatic nitrogens is 4. The van der Waals surface area contributed by atoms with E-state index in [0.29, 0.717) is 11.4 Å². The van der Waals surface area contributed by atoms with Crippen LogP contribution in [-0.2, 0) is 0 Å². The van der Waals surface area contributed by atoms with Gasteiger partial charge >= 0.3 is 0 Å². The molecule has 4 N–H and O–H groups in total. The van der Waals surface area contributed by atoms with Gasteiger partial charge in [0.15, 0.2) is 0 Å². The molecule has 0 aliphatic heterocycles. The second kappa shape index (κ2) is 5.86. The molecule has 25 heavy (non-hydrogen) atoms. The van der Waals surface area contributed by atoms with Crippen LogP contribution in [0.15, 0.2) is 48.7 Å². The molecule has 0 amide bonds. The fourth-order valence-corrected chi connectivity index (χ4v) is 2.70. The van der Waals surface area contributed by atoms with Crippen molar-refractivity contribution < 1.29 is 4.39 Å². The average molecular weight is 334 g/mol.